The van der Waals surface area contributed by atoms with Gasteiger partial charge in [-0.3, -0.25) is 9.59 Å². The second kappa shape index (κ2) is 24.5. The third-order valence-electron chi connectivity index (χ3n) is 25.0. The molecular weight excluding hydrogens is 1240 g/mol. The lowest BCUT2D eigenvalue weighted by molar-refractivity contribution is -0.745. The van der Waals surface area contributed by atoms with Gasteiger partial charge in [-0.1, -0.05) is 41.5 Å². The predicted octanol–water partition coefficient (Wildman–Crippen LogP) is 2.76. The number of methoxy groups -OCH3 is 2. The average Bonchev–Trinajstić information content (AvgIpc) is 3.81. The quantitative estimate of drug-likeness (QED) is 0.165. The zero-order valence-electron chi connectivity index (χ0n) is 49.9. The molecule has 14 bridgehead atoms. The first kappa shape index (κ1) is 62.1. The first-order valence-electron chi connectivity index (χ1n) is 30.9. The maximum atomic E-state index is 14.5. The van der Waals surface area contributed by atoms with E-state index in [4.69, 9.17) is 38.8 Å². The molecule has 0 N–H and O–H groups in total. The van der Waals surface area contributed by atoms with Crippen LogP contribution in [0.25, 0.3) is 0 Å². The van der Waals surface area contributed by atoms with Gasteiger partial charge in [0.25, 0.3) is 0 Å². The van der Waals surface area contributed by atoms with Crippen LogP contribution in [0.15, 0.2) is 12.4 Å². The Morgan fingerprint density at radius 2 is 1.00 bits per heavy atom. The molecule has 0 radical (unpaired) electrons. The second-order valence-electron chi connectivity index (χ2n) is 28.1. The van der Waals surface area contributed by atoms with Crippen LogP contribution >= 0.6 is 0 Å². The smallest absolute Gasteiger partial charge is 0.351 e. The summed E-state index contributed by atoms with van der Waals surface area (Å²) in [5, 5.41) is 9.63. The maximum absolute atomic E-state index is 14.5. The lowest BCUT2D eigenvalue weighted by Crippen LogP contribution is -3.00. The Bertz CT molecular complexity index is 2390. The Morgan fingerprint density at radius 3 is 1.39 bits per heavy atom. The van der Waals surface area contributed by atoms with Crippen molar-refractivity contribution in [3.05, 3.63) is 23.8 Å². The SMILES string of the molecule is COC(=O)CC[C@@H](C)[C@H]1CC[C@H]2[C@@H]3CC[C@@H]4C[C@H]5CC[C@]4(C)[C@H]3C[C@H](OC(=O)C[n+]3cc(n(C)n3)CO[C@@H]3CC[C@@]4(C)[C@H](CC[C@@H]6[C@@H]4C[C@H](OC(=O)C[n+]4cc(n(C)n4)CO5)[C@]4(C)[C@@H]([C@H](C)CCC(=O)OC)CC[C@@H]64)C3)[C@]12C.[I-].[I-]. The van der Waals surface area contributed by atoms with Crippen molar-refractivity contribution in [2.24, 2.45) is 107 Å². The summed E-state index contributed by atoms with van der Waals surface area (Å²) in [5.74, 6) is 4.23. The number of esters is 4. The molecule has 0 aromatic carbocycles. The number of rotatable bonds is 8. The van der Waals surface area contributed by atoms with Crippen molar-refractivity contribution in [2.75, 3.05) is 14.2 Å². The van der Waals surface area contributed by atoms with E-state index in [1.54, 1.807) is 9.36 Å². The van der Waals surface area contributed by atoms with Crippen LogP contribution in [0.5, 0.6) is 0 Å². The molecule has 14 rings (SSSR count). The number of ether oxygens (including phenoxy) is 6. The van der Waals surface area contributed by atoms with Gasteiger partial charge in [0.2, 0.25) is 13.1 Å². The van der Waals surface area contributed by atoms with Crippen LogP contribution < -0.4 is 57.3 Å². The minimum Gasteiger partial charge on any atom is -1.00 e. The van der Waals surface area contributed by atoms with Crippen molar-refractivity contribution >= 4 is 23.9 Å². The van der Waals surface area contributed by atoms with Crippen LogP contribution in [0.4, 0.5) is 0 Å². The van der Waals surface area contributed by atoms with E-state index in [1.807, 2.05) is 35.9 Å². The van der Waals surface area contributed by atoms with Crippen molar-refractivity contribution < 1.29 is 105 Å². The van der Waals surface area contributed by atoms with E-state index in [0.29, 0.717) is 85.2 Å². The number of fused-ring (bicyclic) bond motifs is 4. The number of carbonyl (C=O) groups excluding carboxylic acids is 4. The fourth-order valence-corrected chi connectivity index (χ4v) is 20.7. The van der Waals surface area contributed by atoms with Gasteiger partial charge in [-0.2, -0.15) is 0 Å². The molecule has 0 unspecified atom stereocenters. The van der Waals surface area contributed by atoms with E-state index in [-0.39, 0.29) is 143 Å². The molecule has 8 fully saturated rings. The molecule has 80 heavy (non-hydrogen) atoms. The summed E-state index contributed by atoms with van der Waals surface area (Å²) in [7, 11) is 6.82. The highest BCUT2D eigenvalue weighted by Crippen LogP contribution is 2.71. The molecule has 8 saturated carbocycles. The molecular formula is C62H96I2N6O10. The number of carbonyl (C=O) groups is 4. The summed E-state index contributed by atoms with van der Waals surface area (Å²) in [4.78, 5) is 53.8. The van der Waals surface area contributed by atoms with Crippen LogP contribution in [0.1, 0.15) is 181 Å². The number of hydrogen-bond acceptors (Lipinski definition) is 12. The maximum Gasteiger partial charge on any atom is 0.351 e. The van der Waals surface area contributed by atoms with Gasteiger partial charge in [0.05, 0.1) is 36.9 Å². The zero-order valence-corrected chi connectivity index (χ0v) is 54.2. The van der Waals surface area contributed by atoms with E-state index in [2.05, 4.69) is 41.5 Å². The summed E-state index contributed by atoms with van der Waals surface area (Å²) in [6, 6.07) is 0. The molecule has 0 spiro atoms. The zero-order chi connectivity index (χ0) is 55.1. The van der Waals surface area contributed by atoms with Gasteiger partial charge in [0.1, 0.15) is 39.5 Å². The molecule has 448 valence electrons. The Morgan fingerprint density at radius 1 is 0.600 bits per heavy atom. The molecule has 6 heterocycles. The van der Waals surface area contributed by atoms with Gasteiger partial charge < -0.3 is 76.4 Å². The molecule has 4 aliphatic heterocycles. The molecule has 0 amide bonds. The van der Waals surface area contributed by atoms with Crippen molar-refractivity contribution in [1.82, 2.24) is 19.8 Å². The molecule has 18 heteroatoms. The highest BCUT2D eigenvalue weighted by Gasteiger charge is 2.67. The number of aromatic nitrogens is 6. The number of halogens is 2. The van der Waals surface area contributed by atoms with Crippen LogP contribution in [0.3, 0.4) is 0 Å². The lowest BCUT2D eigenvalue weighted by atomic mass is 9.43. The summed E-state index contributed by atoms with van der Waals surface area (Å²) < 4.78 is 44.9. The molecule has 2 aromatic heterocycles. The summed E-state index contributed by atoms with van der Waals surface area (Å²) in [5.41, 5.74) is 1.62. The Balaban J connectivity index is 0.00000387. The van der Waals surface area contributed by atoms with E-state index < -0.39 is 0 Å². The number of hydrogen-bond donors (Lipinski definition) is 0. The topological polar surface area (TPSA) is 167 Å². The highest BCUT2D eigenvalue weighted by atomic mass is 127. The Kier molecular flexibility index (Phi) is 19.0. The van der Waals surface area contributed by atoms with Gasteiger partial charge in [0.15, 0.2) is 23.8 Å². The van der Waals surface area contributed by atoms with Crippen molar-refractivity contribution in [2.45, 2.75) is 221 Å². The Labute approximate surface area is 510 Å². The fraction of sp³-hybridized carbons (Fsp3) is 0.871. The van der Waals surface area contributed by atoms with Gasteiger partial charge >= 0.3 is 23.9 Å². The minimum atomic E-state index is -0.241. The third kappa shape index (κ3) is 11.2. The van der Waals surface area contributed by atoms with Gasteiger partial charge in [-0.25, -0.2) is 9.59 Å². The van der Waals surface area contributed by atoms with Gasteiger partial charge in [0, 0.05) is 23.7 Å². The molecule has 20 atom stereocenters. The lowest BCUT2D eigenvalue weighted by Gasteiger charge is -2.63. The van der Waals surface area contributed by atoms with E-state index in [1.165, 1.54) is 39.9 Å². The monoisotopic (exact) mass is 1340 g/mol. The second-order valence-corrected chi connectivity index (χ2v) is 28.1. The Hall–Kier alpha value is -2.46. The van der Waals surface area contributed by atoms with Crippen LogP contribution in [-0.2, 0) is 88.0 Å². The fourth-order valence-electron chi connectivity index (χ4n) is 20.7. The van der Waals surface area contributed by atoms with Crippen molar-refractivity contribution in [1.29, 1.82) is 0 Å². The van der Waals surface area contributed by atoms with Gasteiger partial charge in [-0.15, -0.1) is 18.7 Å². The third-order valence-corrected chi connectivity index (χ3v) is 25.0. The van der Waals surface area contributed by atoms with Crippen molar-refractivity contribution in [3.8, 4) is 0 Å². The molecule has 0 saturated heterocycles. The first-order chi connectivity index (χ1) is 37.3. The normalized spacial score (nSPS) is 41.2. The minimum absolute atomic E-state index is 0. The van der Waals surface area contributed by atoms with Crippen LogP contribution in [-0.4, -0.2) is 82.3 Å². The summed E-state index contributed by atoms with van der Waals surface area (Å²) >= 11 is 0. The molecule has 8 aliphatic carbocycles. The van der Waals surface area contributed by atoms with E-state index in [9.17, 15) is 19.2 Å². The number of nitrogens with zero attached hydrogens (tertiary/aromatic N) is 6. The average molecular weight is 1340 g/mol. The number of aryl methyl sites for hydroxylation is 2. The summed E-state index contributed by atoms with van der Waals surface area (Å²) in [6.07, 6.45) is 22.8. The standard InChI is InChI=1S/C62H96N6O10.2HI/c1-37(11-21-55(69)73-9)47-17-19-49-45-15-13-39-27-43-23-25-59(39,3)51(45)29-53(61(47,49)5)77-57(71)33-67-31-41(65(7)63-67)35-76-44-24-26-60(4)40(28-44)14-16-46-50-20-18-48(38(2)12-22-56(70)74-10)62(50,6)54(30-52(46)60)78-58(72)34-68-32-42(36-75-43)66(8)64-68;;/h31-32,37-40,43-54H,11-30,33-36H2,1-10H3;2*1H/q+2;;/p-2/t37-,38-,39-,40-,43-,44-,45+,46+,47-,48-,49+,50+,51+,52+,53+,54+,59+,60+,61-,62-;;/m1../s1. The highest BCUT2D eigenvalue weighted by molar-refractivity contribution is 5.69. The summed E-state index contributed by atoms with van der Waals surface area (Å²) in [6.45, 7) is 15.5. The van der Waals surface area contributed by atoms with E-state index in [0.717, 1.165) is 101 Å². The van der Waals surface area contributed by atoms with Crippen molar-refractivity contribution in [3.63, 3.8) is 0 Å². The van der Waals surface area contributed by atoms with E-state index >= 15 is 0 Å². The predicted molar refractivity (Wildman–Crippen MR) is 286 cm³/mol. The van der Waals surface area contributed by atoms with Gasteiger partial charge in [-0.05, 0) is 197 Å². The first-order valence-corrected chi connectivity index (χ1v) is 30.9. The van der Waals surface area contributed by atoms with Crippen LogP contribution in [0.2, 0.25) is 0 Å². The molecule has 12 aliphatic rings. The van der Waals surface area contributed by atoms with Crippen LogP contribution in [0, 0.1) is 92.7 Å². The molecule has 16 nitrogen and oxygen atoms in total. The largest absolute Gasteiger partial charge is 1.00 e. The molecule has 2 aromatic rings.